The zero-order valence-electron chi connectivity index (χ0n) is 7.59. The lowest BCUT2D eigenvalue weighted by molar-refractivity contribution is 0.393. The highest BCUT2D eigenvalue weighted by molar-refractivity contribution is 6.09. The van der Waals surface area contributed by atoms with Gasteiger partial charge in [-0.25, -0.2) is 0 Å². The number of aromatic nitrogens is 1. The molecule has 1 rings (SSSR count). The van der Waals surface area contributed by atoms with Gasteiger partial charge in [-0.2, -0.15) is 0 Å². The maximum Gasteiger partial charge on any atom is 0.143 e. The molecule has 0 atom stereocenters. The molecule has 1 aromatic heterocycles. The summed E-state index contributed by atoms with van der Waals surface area (Å²) in [5.74, 6) is 0.785. The van der Waals surface area contributed by atoms with E-state index in [1.807, 2.05) is 13.8 Å². The maximum absolute atomic E-state index is 5.00. The normalized spacial score (nSPS) is 11.8. The molecule has 0 amide bonds. The Kier molecular flexibility index (Phi) is 2.43. The minimum absolute atomic E-state index is 0.785. The van der Waals surface area contributed by atoms with Crippen molar-refractivity contribution in [2.24, 2.45) is 4.99 Å². The van der Waals surface area contributed by atoms with E-state index in [0.29, 0.717) is 0 Å². The van der Waals surface area contributed by atoms with E-state index >= 15 is 0 Å². The van der Waals surface area contributed by atoms with Gasteiger partial charge in [-0.3, -0.25) is 4.99 Å². The Hall–Kier alpha value is -1.38. The average Bonchev–Trinajstić information content (AvgIpc) is 2.38. The van der Waals surface area contributed by atoms with Crippen LogP contribution in [0.15, 0.2) is 22.2 Å². The quantitative estimate of drug-likeness (QED) is 0.626. The second-order valence-corrected chi connectivity index (χ2v) is 2.51. The molecule has 0 aliphatic heterocycles. The number of hydrogen-bond acceptors (Lipinski definition) is 3. The molecule has 0 fully saturated rings. The number of aryl methyl sites for hydroxylation is 2. The highest BCUT2D eigenvalue weighted by Crippen LogP contribution is 2.13. The molecular weight excluding hydrogens is 152 g/mol. The summed E-state index contributed by atoms with van der Waals surface area (Å²) < 4.78 is 5.00. The minimum Gasteiger partial charge on any atom is -0.361 e. The molecule has 0 saturated carbocycles. The molecule has 0 saturated heterocycles. The van der Waals surface area contributed by atoms with Gasteiger partial charge in [-0.15, -0.1) is 0 Å². The summed E-state index contributed by atoms with van der Waals surface area (Å²) in [5.41, 5.74) is 2.63. The van der Waals surface area contributed by atoms with Crippen LogP contribution in [0.5, 0.6) is 0 Å². The summed E-state index contributed by atoms with van der Waals surface area (Å²) in [6.45, 7) is 7.42. The van der Waals surface area contributed by atoms with Crippen molar-refractivity contribution in [3.05, 3.63) is 29.7 Å². The maximum atomic E-state index is 5.00. The molecule has 1 heterocycles. The van der Waals surface area contributed by atoms with E-state index < -0.39 is 0 Å². The summed E-state index contributed by atoms with van der Waals surface area (Å²) in [6, 6.07) is 0. The van der Waals surface area contributed by atoms with Crippen LogP contribution < -0.4 is 0 Å². The van der Waals surface area contributed by atoms with E-state index in [1.54, 1.807) is 13.1 Å². The molecule has 0 N–H and O–H groups in total. The smallest absolute Gasteiger partial charge is 0.143 e. The average molecular weight is 164 g/mol. The Labute approximate surface area is 71.8 Å². The van der Waals surface area contributed by atoms with Crippen molar-refractivity contribution in [2.45, 2.75) is 13.8 Å². The van der Waals surface area contributed by atoms with Crippen LogP contribution >= 0.6 is 0 Å². The summed E-state index contributed by atoms with van der Waals surface area (Å²) in [6.07, 6.45) is 1.70. The summed E-state index contributed by atoms with van der Waals surface area (Å²) >= 11 is 0. The van der Waals surface area contributed by atoms with E-state index in [1.165, 1.54) is 0 Å². The Morgan fingerprint density at radius 1 is 1.58 bits per heavy atom. The molecule has 0 aliphatic carbocycles. The molecule has 0 aliphatic rings. The monoisotopic (exact) mass is 164 g/mol. The van der Waals surface area contributed by atoms with Crippen molar-refractivity contribution in [3.8, 4) is 0 Å². The van der Waals surface area contributed by atoms with E-state index in [0.717, 1.165) is 22.7 Å². The van der Waals surface area contributed by atoms with Crippen LogP contribution in [0.1, 0.15) is 17.0 Å². The van der Waals surface area contributed by atoms with E-state index in [-0.39, 0.29) is 0 Å². The van der Waals surface area contributed by atoms with Gasteiger partial charge in [-0.05, 0) is 19.9 Å². The summed E-state index contributed by atoms with van der Waals surface area (Å²) in [5, 5.41) is 3.83. The first-order valence-electron chi connectivity index (χ1n) is 3.73. The standard InChI is InChI=1S/C9H12N2O/c1-5-8(10-4)9-6(2)11-12-7(9)3/h5H,1H2,2-4H3. The van der Waals surface area contributed by atoms with Crippen molar-refractivity contribution in [1.29, 1.82) is 0 Å². The summed E-state index contributed by atoms with van der Waals surface area (Å²) in [4.78, 5) is 4.07. The lowest BCUT2D eigenvalue weighted by atomic mass is 10.1. The highest BCUT2D eigenvalue weighted by atomic mass is 16.5. The number of hydrogen-bond donors (Lipinski definition) is 0. The highest BCUT2D eigenvalue weighted by Gasteiger charge is 2.11. The lowest BCUT2D eigenvalue weighted by Gasteiger charge is -1.96. The van der Waals surface area contributed by atoms with Crippen molar-refractivity contribution >= 4 is 5.71 Å². The fourth-order valence-corrected chi connectivity index (χ4v) is 1.15. The zero-order valence-corrected chi connectivity index (χ0v) is 7.59. The Bertz CT molecular complexity index is 304. The second-order valence-electron chi connectivity index (χ2n) is 2.51. The first-order chi connectivity index (χ1) is 5.70. The molecular formula is C9H12N2O. The number of aliphatic imine (C=N–C) groups is 1. The molecule has 3 nitrogen and oxygen atoms in total. The molecule has 0 radical (unpaired) electrons. The SMILES string of the molecule is C=CC(=NC)c1c(C)noc1C. The van der Waals surface area contributed by atoms with Gasteiger partial charge in [-0.1, -0.05) is 11.7 Å². The van der Waals surface area contributed by atoms with Crippen molar-refractivity contribution in [1.82, 2.24) is 5.16 Å². The Morgan fingerprint density at radius 2 is 2.25 bits per heavy atom. The van der Waals surface area contributed by atoms with Crippen molar-refractivity contribution in [3.63, 3.8) is 0 Å². The van der Waals surface area contributed by atoms with Crippen LogP contribution in [-0.4, -0.2) is 17.9 Å². The van der Waals surface area contributed by atoms with Gasteiger partial charge in [0.15, 0.2) is 0 Å². The van der Waals surface area contributed by atoms with Crippen molar-refractivity contribution in [2.75, 3.05) is 7.05 Å². The molecule has 0 aromatic carbocycles. The lowest BCUT2D eigenvalue weighted by Crippen LogP contribution is -1.98. The van der Waals surface area contributed by atoms with Gasteiger partial charge >= 0.3 is 0 Å². The van der Waals surface area contributed by atoms with Crippen LogP contribution in [0.4, 0.5) is 0 Å². The third-order valence-electron chi connectivity index (χ3n) is 1.72. The van der Waals surface area contributed by atoms with Gasteiger partial charge in [0.2, 0.25) is 0 Å². The van der Waals surface area contributed by atoms with Crippen LogP contribution in [0.2, 0.25) is 0 Å². The van der Waals surface area contributed by atoms with Gasteiger partial charge < -0.3 is 4.52 Å². The molecule has 0 spiro atoms. The molecule has 0 bridgehead atoms. The fraction of sp³-hybridized carbons (Fsp3) is 0.333. The van der Waals surface area contributed by atoms with E-state index in [9.17, 15) is 0 Å². The first-order valence-corrected chi connectivity index (χ1v) is 3.73. The Morgan fingerprint density at radius 3 is 2.58 bits per heavy atom. The molecule has 12 heavy (non-hydrogen) atoms. The van der Waals surface area contributed by atoms with Gasteiger partial charge in [0.05, 0.1) is 17.0 Å². The minimum atomic E-state index is 0.785. The second kappa shape index (κ2) is 3.34. The third kappa shape index (κ3) is 1.30. The van der Waals surface area contributed by atoms with Crippen LogP contribution in [0, 0.1) is 13.8 Å². The molecule has 3 heteroatoms. The van der Waals surface area contributed by atoms with Crippen LogP contribution in [0.25, 0.3) is 0 Å². The predicted molar refractivity (Wildman–Crippen MR) is 48.6 cm³/mol. The molecule has 64 valence electrons. The number of rotatable bonds is 2. The van der Waals surface area contributed by atoms with Crippen molar-refractivity contribution < 1.29 is 4.52 Å². The number of allylic oxidation sites excluding steroid dienone is 1. The first kappa shape index (κ1) is 8.71. The van der Waals surface area contributed by atoms with Crippen LogP contribution in [-0.2, 0) is 0 Å². The van der Waals surface area contributed by atoms with Crippen LogP contribution in [0.3, 0.4) is 0 Å². The van der Waals surface area contributed by atoms with E-state index in [2.05, 4.69) is 16.7 Å². The number of nitrogens with zero attached hydrogens (tertiary/aromatic N) is 2. The molecule has 1 aromatic rings. The largest absolute Gasteiger partial charge is 0.361 e. The topological polar surface area (TPSA) is 38.4 Å². The Balaban J connectivity index is 3.25. The summed E-state index contributed by atoms with van der Waals surface area (Å²) in [7, 11) is 1.73. The van der Waals surface area contributed by atoms with Gasteiger partial charge in [0, 0.05) is 7.05 Å². The van der Waals surface area contributed by atoms with Gasteiger partial charge in [0.25, 0.3) is 0 Å². The third-order valence-corrected chi connectivity index (χ3v) is 1.72. The fourth-order valence-electron chi connectivity index (χ4n) is 1.15. The van der Waals surface area contributed by atoms with E-state index in [4.69, 9.17) is 4.52 Å². The molecule has 0 unspecified atom stereocenters. The van der Waals surface area contributed by atoms with Gasteiger partial charge in [0.1, 0.15) is 5.76 Å². The predicted octanol–water partition coefficient (Wildman–Crippen LogP) is 1.90. The zero-order chi connectivity index (χ0) is 9.14.